The van der Waals surface area contributed by atoms with Crippen LogP contribution in [0.1, 0.15) is 133 Å². The number of carbonyl (C=O) groups excluding carboxylic acids is 1. The van der Waals surface area contributed by atoms with E-state index in [1.165, 1.54) is 64.2 Å². The molecule has 34 heavy (non-hydrogen) atoms. The first kappa shape index (κ1) is 28.1. The molecule has 1 aliphatic carbocycles. The van der Waals surface area contributed by atoms with E-state index in [2.05, 4.69) is 24.9 Å². The standard InChI is InChI=1S/C29H46N2O3/c1-3-5-7-9-10-12-14-22-33-27-16-15-25(23-31-27)28(32)34-26-17-20-29(24-30,21-18-26)19-13-11-8-6-4-2/h15-16,23,26H,3-14,17-22H2,1-2H3. The molecule has 1 aromatic heterocycles. The highest BCUT2D eigenvalue weighted by Gasteiger charge is 2.36. The molecule has 1 fully saturated rings. The lowest BCUT2D eigenvalue weighted by atomic mass is 9.71. The van der Waals surface area contributed by atoms with Crippen molar-refractivity contribution in [2.45, 2.75) is 129 Å². The number of ether oxygens (including phenoxy) is 2. The van der Waals surface area contributed by atoms with Crippen molar-refractivity contribution in [3.05, 3.63) is 23.9 Å². The van der Waals surface area contributed by atoms with Crippen molar-refractivity contribution in [1.29, 1.82) is 5.26 Å². The minimum absolute atomic E-state index is 0.109. The van der Waals surface area contributed by atoms with Crippen LogP contribution in [0.15, 0.2) is 18.3 Å². The molecule has 0 bridgehead atoms. The number of aromatic nitrogens is 1. The number of pyridine rings is 1. The smallest absolute Gasteiger partial charge is 0.339 e. The first-order valence-electron chi connectivity index (χ1n) is 13.8. The molecule has 0 N–H and O–H groups in total. The number of unbranched alkanes of at least 4 members (excludes halogenated alkanes) is 10. The summed E-state index contributed by atoms with van der Waals surface area (Å²) in [5.74, 6) is 0.220. The molecule has 2 rings (SSSR count). The predicted octanol–water partition coefficient (Wildman–Crippen LogP) is 8.18. The number of rotatable bonds is 17. The molecule has 0 amide bonds. The van der Waals surface area contributed by atoms with Crippen molar-refractivity contribution in [3.8, 4) is 11.9 Å². The maximum Gasteiger partial charge on any atom is 0.339 e. The van der Waals surface area contributed by atoms with Crippen LogP contribution < -0.4 is 4.74 Å². The molecular weight excluding hydrogens is 424 g/mol. The van der Waals surface area contributed by atoms with Crippen LogP contribution in [0.2, 0.25) is 0 Å². The van der Waals surface area contributed by atoms with E-state index in [1.807, 2.05) is 0 Å². The van der Waals surface area contributed by atoms with E-state index >= 15 is 0 Å². The molecule has 1 saturated carbocycles. The first-order chi connectivity index (χ1) is 16.6. The molecule has 0 aromatic carbocycles. The second-order valence-corrected chi connectivity index (χ2v) is 10.0. The van der Waals surface area contributed by atoms with Crippen LogP contribution in [0.25, 0.3) is 0 Å². The van der Waals surface area contributed by atoms with Gasteiger partial charge >= 0.3 is 5.97 Å². The van der Waals surface area contributed by atoms with Gasteiger partial charge < -0.3 is 9.47 Å². The van der Waals surface area contributed by atoms with Gasteiger partial charge in [-0.3, -0.25) is 0 Å². The Hall–Kier alpha value is -2.09. The quantitative estimate of drug-likeness (QED) is 0.169. The number of hydrogen-bond donors (Lipinski definition) is 0. The maximum absolute atomic E-state index is 12.6. The topological polar surface area (TPSA) is 72.2 Å². The van der Waals surface area contributed by atoms with Crippen LogP contribution in [-0.4, -0.2) is 23.7 Å². The molecule has 0 saturated heterocycles. The van der Waals surface area contributed by atoms with Crippen LogP contribution in [0.3, 0.4) is 0 Å². The summed E-state index contributed by atoms with van der Waals surface area (Å²) in [6.07, 6.45) is 20.4. The molecule has 1 aromatic rings. The van der Waals surface area contributed by atoms with Gasteiger partial charge in [0.05, 0.1) is 23.7 Å². The van der Waals surface area contributed by atoms with Gasteiger partial charge in [0.25, 0.3) is 0 Å². The lowest BCUT2D eigenvalue weighted by molar-refractivity contribution is 0.0104. The van der Waals surface area contributed by atoms with E-state index < -0.39 is 0 Å². The molecule has 1 heterocycles. The Morgan fingerprint density at radius 1 is 0.971 bits per heavy atom. The summed E-state index contributed by atoms with van der Waals surface area (Å²) in [5, 5.41) is 9.77. The molecule has 0 spiro atoms. The maximum atomic E-state index is 12.6. The largest absolute Gasteiger partial charge is 0.478 e. The van der Waals surface area contributed by atoms with Crippen LogP contribution >= 0.6 is 0 Å². The zero-order valence-electron chi connectivity index (χ0n) is 21.7. The van der Waals surface area contributed by atoms with Gasteiger partial charge in [0.15, 0.2) is 0 Å². The molecule has 5 nitrogen and oxygen atoms in total. The summed E-state index contributed by atoms with van der Waals surface area (Å²) in [6.45, 7) is 5.11. The van der Waals surface area contributed by atoms with Gasteiger partial charge in [-0.2, -0.15) is 5.26 Å². The molecule has 1 aliphatic rings. The third-order valence-electron chi connectivity index (χ3n) is 7.13. The Kier molecular flexibility index (Phi) is 13.7. The number of carbonyl (C=O) groups is 1. The lowest BCUT2D eigenvalue weighted by Crippen LogP contribution is -2.31. The Morgan fingerprint density at radius 3 is 2.18 bits per heavy atom. The van der Waals surface area contributed by atoms with Gasteiger partial charge in [0.2, 0.25) is 5.88 Å². The Balaban J connectivity index is 1.65. The summed E-state index contributed by atoms with van der Waals surface area (Å²) in [5.41, 5.74) is 0.224. The highest BCUT2D eigenvalue weighted by Crippen LogP contribution is 2.41. The van der Waals surface area contributed by atoms with E-state index in [9.17, 15) is 10.1 Å². The molecule has 0 aliphatic heterocycles. The van der Waals surface area contributed by atoms with Crippen molar-refractivity contribution >= 4 is 5.97 Å². The summed E-state index contributed by atoms with van der Waals surface area (Å²) < 4.78 is 11.5. The fourth-order valence-electron chi connectivity index (χ4n) is 4.79. The van der Waals surface area contributed by atoms with E-state index in [-0.39, 0.29) is 17.5 Å². The monoisotopic (exact) mass is 470 g/mol. The molecule has 5 heteroatoms. The average molecular weight is 471 g/mol. The summed E-state index contributed by atoms with van der Waals surface area (Å²) in [4.78, 5) is 16.8. The van der Waals surface area contributed by atoms with E-state index in [0.29, 0.717) is 18.1 Å². The third-order valence-corrected chi connectivity index (χ3v) is 7.13. The van der Waals surface area contributed by atoms with Crippen LogP contribution in [0.4, 0.5) is 0 Å². The zero-order valence-corrected chi connectivity index (χ0v) is 21.7. The molecule has 0 atom stereocenters. The van der Waals surface area contributed by atoms with Gasteiger partial charge in [0, 0.05) is 12.3 Å². The van der Waals surface area contributed by atoms with Gasteiger partial charge in [0.1, 0.15) is 6.10 Å². The third kappa shape index (κ3) is 10.5. The minimum atomic E-state index is -0.333. The van der Waals surface area contributed by atoms with Crippen molar-refractivity contribution in [2.75, 3.05) is 6.61 Å². The van der Waals surface area contributed by atoms with Gasteiger partial charge in [-0.25, -0.2) is 9.78 Å². The van der Waals surface area contributed by atoms with E-state index in [1.54, 1.807) is 18.3 Å². The number of hydrogen-bond acceptors (Lipinski definition) is 5. The molecular formula is C29H46N2O3. The Bertz CT molecular complexity index is 718. The highest BCUT2D eigenvalue weighted by molar-refractivity contribution is 5.89. The molecule has 190 valence electrons. The van der Waals surface area contributed by atoms with E-state index in [4.69, 9.17) is 9.47 Å². The number of esters is 1. The first-order valence-corrected chi connectivity index (χ1v) is 13.8. The average Bonchev–Trinajstić information content (AvgIpc) is 2.87. The summed E-state index contributed by atoms with van der Waals surface area (Å²) in [6, 6.07) is 6.07. The minimum Gasteiger partial charge on any atom is -0.478 e. The van der Waals surface area contributed by atoms with Crippen molar-refractivity contribution in [1.82, 2.24) is 4.98 Å². The lowest BCUT2D eigenvalue weighted by Gasteiger charge is -2.34. The highest BCUT2D eigenvalue weighted by atomic mass is 16.5. The normalized spacial score (nSPS) is 20.0. The van der Waals surface area contributed by atoms with Crippen molar-refractivity contribution in [2.24, 2.45) is 5.41 Å². The van der Waals surface area contributed by atoms with Crippen molar-refractivity contribution < 1.29 is 14.3 Å². The number of nitriles is 1. The molecule has 0 unspecified atom stereocenters. The fraction of sp³-hybridized carbons (Fsp3) is 0.759. The van der Waals surface area contributed by atoms with Gasteiger partial charge in [-0.05, 0) is 44.6 Å². The van der Waals surface area contributed by atoms with Gasteiger partial charge in [-0.1, -0.05) is 84.5 Å². The second kappa shape index (κ2) is 16.5. The fourth-order valence-corrected chi connectivity index (χ4v) is 4.79. The van der Waals surface area contributed by atoms with Crippen LogP contribution in [-0.2, 0) is 4.74 Å². The number of nitrogens with zero attached hydrogens (tertiary/aromatic N) is 2. The Labute approximate surface area is 207 Å². The zero-order chi connectivity index (χ0) is 24.5. The van der Waals surface area contributed by atoms with Crippen LogP contribution in [0.5, 0.6) is 5.88 Å². The second-order valence-electron chi connectivity index (χ2n) is 10.0. The van der Waals surface area contributed by atoms with Gasteiger partial charge in [-0.15, -0.1) is 0 Å². The predicted molar refractivity (Wildman–Crippen MR) is 137 cm³/mol. The Morgan fingerprint density at radius 2 is 1.59 bits per heavy atom. The van der Waals surface area contributed by atoms with Crippen molar-refractivity contribution in [3.63, 3.8) is 0 Å². The van der Waals surface area contributed by atoms with E-state index in [0.717, 1.165) is 44.9 Å². The summed E-state index contributed by atoms with van der Waals surface area (Å²) >= 11 is 0. The SMILES string of the molecule is CCCCCCCCCOc1ccc(C(=O)OC2CCC(C#N)(CCCCCCC)CC2)cn1. The van der Waals surface area contributed by atoms with Crippen LogP contribution in [0, 0.1) is 16.7 Å². The molecule has 0 radical (unpaired) electrons. The summed E-state index contributed by atoms with van der Waals surface area (Å²) in [7, 11) is 0.